The van der Waals surface area contributed by atoms with E-state index < -0.39 is 0 Å². The Kier molecular flexibility index (Phi) is 8.12. The molecule has 202 valence electrons. The largest absolute Gasteiger partial charge is 0.497 e. The maximum Gasteiger partial charge on any atom is 0.254 e. The van der Waals surface area contributed by atoms with Crippen molar-refractivity contribution in [2.45, 2.75) is 20.0 Å². The number of halogens is 2. The van der Waals surface area contributed by atoms with Crippen LogP contribution in [0.4, 0.5) is 4.39 Å². The minimum absolute atomic E-state index is 0.191. The van der Waals surface area contributed by atoms with Crippen molar-refractivity contribution in [1.82, 2.24) is 14.7 Å². The summed E-state index contributed by atoms with van der Waals surface area (Å²) in [6.07, 6.45) is 0. The maximum absolute atomic E-state index is 13.8. The molecular formula is C32H27ClFN3O3. The fraction of sp³-hybridized carbons (Fsp3) is 0.125. The van der Waals surface area contributed by atoms with Crippen LogP contribution in [0.1, 0.15) is 27.2 Å². The Morgan fingerprint density at radius 1 is 0.900 bits per heavy atom. The van der Waals surface area contributed by atoms with Gasteiger partial charge in [0.05, 0.1) is 30.6 Å². The number of hydrogen-bond acceptors (Lipinski definition) is 4. The second-order valence-electron chi connectivity index (χ2n) is 9.19. The zero-order chi connectivity index (χ0) is 28.1. The van der Waals surface area contributed by atoms with Gasteiger partial charge in [0.2, 0.25) is 5.88 Å². The number of rotatable bonds is 9. The van der Waals surface area contributed by atoms with Gasteiger partial charge in [0.15, 0.2) is 0 Å². The van der Waals surface area contributed by atoms with Crippen LogP contribution in [0.3, 0.4) is 0 Å². The number of carbonyl (C=O) groups is 1. The van der Waals surface area contributed by atoms with E-state index in [-0.39, 0.29) is 24.8 Å². The van der Waals surface area contributed by atoms with E-state index in [1.807, 2.05) is 49.4 Å². The van der Waals surface area contributed by atoms with E-state index in [0.717, 1.165) is 16.8 Å². The molecule has 0 N–H and O–H groups in total. The third kappa shape index (κ3) is 6.16. The molecule has 0 saturated carbocycles. The Labute approximate surface area is 237 Å². The fourth-order valence-corrected chi connectivity index (χ4v) is 4.51. The van der Waals surface area contributed by atoms with Crippen molar-refractivity contribution in [3.8, 4) is 23.1 Å². The number of amides is 1. The van der Waals surface area contributed by atoms with Gasteiger partial charge in [0.1, 0.15) is 17.3 Å². The fourth-order valence-electron chi connectivity index (χ4n) is 4.33. The van der Waals surface area contributed by atoms with Gasteiger partial charge in [-0.1, -0.05) is 48.0 Å². The van der Waals surface area contributed by atoms with E-state index in [0.29, 0.717) is 33.7 Å². The Hall–Kier alpha value is -4.62. The lowest BCUT2D eigenvalue weighted by molar-refractivity contribution is 0.0729. The first-order chi connectivity index (χ1) is 19.4. The average Bonchev–Trinajstić information content (AvgIpc) is 3.28. The molecule has 40 heavy (non-hydrogen) atoms. The summed E-state index contributed by atoms with van der Waals surface area (Å²) in [5, 5.41) is 5.33. The van der Waals surface area contributed by atoms with Gasteiger partial charge < -0.3 is 14.4 Å². The molecule has 0 fully saturated rings. The van der Waals surface area contributed by atoms with Crippen molar-refractivity contribution < 1.29 is 18.7 Å². The normalized spacial score (nSPS) is 10.8. The second kappa shape index (κ2) is 12.1. The first kappa shape index (κ1) is 27.0. The summed E-state index contributed by atoms with van der Waals surface area (Å²) in [5.74, 6) is 1.21. The van der Waals surface area contributed by atoms with Gasteiger partial charge in [0.25, 0.3) is 5.91 Å². The molecule has 4 aromatic carbocycles. The summed E-state index contributed by atoms with van der Waals surface area (Å²) >= 11 is 6.30. The first-order valence-electron chi connectivity index (χ1n) is 12.7. The Morgan fingerprint density at radius 2 is 1.62 bits per heavy atom. The van der Waals surface area contributed by atoms with E-state index in [2.05, 4.69) is 0 Å². The van der Waals surface area contributed by atoms with Crippen LogP contribution in [0, 0.1) is 12.7 Å². The molecule has 5 rings (SSSR count). The van der Waals surface area contributed by atoms with Crippen LogP contribution in [0.15, 0.2) is 103 Å². The topological polar surface area (TPSA) is 56.6 Å². The predicted molar refractivity (Wildman–Crippen MR) is 153 cm³/mol. The molecule has 0 unspecified atom stereocenters. The molecule has 1 aromatic heterocycles. The van der Waals surface area contributed by atoms with Crippen LogP contribution in [0.5, 0.6) is 17.4 Å². The standard InChI is InChI=1S/C32H27ClFN3O3/c1-22-30(32(40-29-9-4-3-5-10-29)37(35-22)27-8-6-7-25(33)19-27)21-36(20-23-11-15-26(34)16-12-23)31(38)24-13-17-28(39-2)18-14-24/h3-19H,20-21H2,1-2H3. The van der Waals surface area contributed by atoms with Crippen molar-refractivity contribution in [1.29, 1.82) is 0 Å². The zero-order valence-corrected chi connectivity index (χ0v) is 22.8. The highest BCUT2D eigenvalue weighted by Gasteiger charge is 2.25. The van der Waals surface area contributed by atoms with Crippen molar-refractivity contribution in [3.05, 3.63) is 136 Å². The van der Waals surface area contributed by atoms with Crippen LogP contribution in [-0.4, -0.2) is 27.7 Å². The van der Waals surface area contributed by atoms with Gasteiger partial charge in [-0.25, -0.2) is 9.07 Å². The SMILES string of the molecule is COc1ccc(C(=O)N(Cc2ccc(F)cc2)Cc2c(C)nn(-c3cccc(Cl)c3)c2Oc2ccccc2)cc1. The minimum atomic E-state index is -0.339. The molecule has 0 aliphatic rings. The Balaban J connectivity index is 1.57. The van der Waals surface area contributed by atoms with Crippen LogP contribution >= 0.6 is 11.6 Å². The maximum atomic E-state index is 13.8. The quantitative estimate of drug-likeness (QED) is 0.188. The highest BCUT2D eigenvalue weighted by Crippen LogP contribution is 2.33. The number of methoxy groups -OCH3 is 1. The highest BCUT2D eigenvalue weighted by molar-refractivity contribution is 6.30. The molecule has 0 aliphatic carbocycles. The van der Waals surface area contributed by atoms with Gasteiger partial charge in [0, 0.05) is 17.1 Å². The lowest BCUT2D eigenvalue weighted by Crippen LogP contribution is -2.30. The molecule has 1 heterocycles. The molecule has 6 nitrogen and oxygen atoms in total. The molecule has 1 amide bonds. The summed E-state index contributed by atoms with van der Waals surface area (Å²) < 4.78 is 27.0. The molecule has 0 aliphatic heterocycles. The van der Waals surface area contributed by atoms with Crippen molar-refractivity contribution in [3.63, 3.8) is 0 Å². The highest BCUT2D eigenvalue weighted by atomic mass is 35.5. The van der Waals surface area contributed by atoms with Gasteiger partial charge >= 0.3 is 0 Å². The molecule has 0 radical (unpaired) electrons. The van der Waals surface area contributed by atoms with Crippen LogP contribution < -0.4 is 9.47 Å². The molecule has 0 atom stereocenters. The van der Waals surface area contributed by atoms with Crippen LogP contribution in [0.25, 0.3) is 5.69 Å². The van der Waals surface area contributed by atoms with E-state index in [9.17, 15) is 9.18 Å². The summed E-state index contributed by atoms with van der Waals surface area (Å²) in [6, 6.07) is 29.8. The third-order valence-corrected chi connectivity index (χ3v) is 6.64. The molecule has 8 heteroatoms. The van der Waals surface area contributed by atoms with Gasteiger partial charge in [-0.3, -0.25) is 4.79 Å². The van der Waals surface area contributed by atoms with Gasteiger partial charge in [-0.15, -0.1) is 0 Å². The Morgan fingerprint density at radius 3 is 2.30 bits per heavy atom. The van der Waals surface area contributed by atoms with E-state index in [1.165, 1.54) is 12.1 Å². The lowest BCUT2D eigenvalue weighted by Gasteiger charge is -2.24. The summed E-state index contributed by atoms with van der Waals surface area (Å²) in [7, 11) is 1.58. The number of ether oxygens (including phenoxy) is 2. The van der Waals surface area contributed by atoms with Gasteiger partial charge in [-0.2, -0.15) is 5.10 Å². The van der Waals surface area contributed by atoms with E-state index in [4.69, 9.17) is 26.2 Å². The predicted octanol–water partition coefficient (Wildman–Crippen LogP) is 7.62. The molecular weight excluding hydrogens is 529 g/mol. The van der Waals surface area contributed by atoms with Crippen molar-refractivity contribution in [2.24, 2.45) is 0 Å². The summed E-state index contributed by atoms with van der Waals surface area (Å²) in [5.41, 5.74) is 3.42. The smallest absolute Gasteiger partial charge is 0.254 e. The van der Waals surface area contributed by atoms with Crippen molar-refractivity contribution in [2.75, 3.05) is 7.11 Å². The molecule has 0 bridgehead atoms. The van der Waals surface area contributed by atoms with Crippen LogP contribution in [0.2, 0.25) is 5.02 Å². The van der Waals surface area contributed by atoms with Gasteiger partial charge in [-0.05, 0) is 79.2 Å². The van der Waals surface area contributed by atoms with E-state index in [1.54, 1.807) is 65.2 Å². The third-order valence-electron chi connectivity index (χ3n) is 6.41. The first-order valence-corrected chi connectivity index (χ1v) is 13.0. The summed E-state index contributed by atoms with van der Waals surface area (Å²) in [4.78, 5) is 15.5. The number of benzene rings is 4. The summed E-state index contributed by atoms with van der Waals surface area (Å²) in [6.45, 7) is 2.32. The zero-order valence-electron chi connectivity index (χ0n) is 22.1. The number of nitrogens with zero attached hydrogens (tertiary/aromatic N) is 3. The number of carbonyl (C=O) groups excluding carboxylic acids is 1. The molecule has 0 saturated heterocycles. The number of aromatic nitrogens is 2. The number of para-hydroxylation sites is 1. The molecule has 0 spiro atoms. The number of hydrogen-bond donors (Lipinski definition) is 0. The van der Waals surface area contributed by atoms with Crippen molar-refractivity contribution >= 4 is 17.5 Å². The lowest BCUT2D eigenvalue weighted by atomic mass is 10.1. The second-order valence-corrected chi connectivity index (χ2v) is 9.63. The molecule has 5 aromatic rings. The van der Waals surface area contributed by atoms with E-state index >= 15 is 0 Å². The van der Waals surface area contributed by atoms with Crippen LogP contribution in [-0.2, 0) is 13.1 Å². The monoisotopic (exact) mass is 555 g/mol. The Bertz CT molecular complexity index is 1600. The number of aryl methyl sites for hydroxylation is 1. The minimum Gasteiger partial charge on any atom is -0.497 e. The average molecular weight is 556 g/mol.